The number of benzene rings is 2. The molecule has 2 amide bonds. The van der Waals surface area contributed by atoms with Crippen LogP contribution in [0, 0.1) is 5.92 Å². The molecule has 0 aromatic heterocycles. The van der Waals surface area contributed by atoms with E-state index in [1.54, 1.807) is 4.90 Å². The standard InChI is InChI=1S/C23H26BrN3O2/c24-20-8-4-5-9-21(20)27-16-18(14-22(27)28)23(29)25-19-10-12-26(13-11-19)15-17-6-2-1-3-7-17/h1-9,18-19H,10-16H2,(H,25,29). The van der Waals surface area contributed by atoms with Crippen LogP contribution in [0.1, 0.15) is 24.8 Å². The number of halogens is 1. The third-order valence-electron chi connectivity index (χ3n) is 5.82. The van der Waals surface area contributed by atoms with Crippen LogP contribution >= 0.6 is 15.9 Å². The van der Waals surface area contributed by atoms with Crippen molar-refractivity contribution in [2.75, 3.05) is 24.5 Å². The Kier molecular flexibility index (Phi) is 6.31. The zero-order valence-corrected chi connectivity index (χ0v) is 18.0. The van der Waals surface area contributed by atoms with Crippen LogP contribution in [0.25, 0.3) is 0 Å². The van der Waals surface area contributed by atoms with Gasteiger partial charge in [-0.15, -0.1) is 0 Å². The fourth-order valence-electron chi connectivity index (χ4n) is 4.18. The molecule has 1 atom stereocenters. The van der Waals surface area contributed by atoms with Crippen molar-refractivity contribution in [2.24, 2.45) is 5.92 Å². The van der Waals surface area contributed by atoms with Crippen molar-refractivity contribution in [1.82, 2.24) is 10.2 Å². The van der Waals surface area contributed by atoms with Gasteiger partial charge >= 0.3 is 0 Å². The van der Waals surface area contributed by atoms with Crippen molar-refractivity contribution in [1.29, 1.82) is 0 Å². The molecule has 2 fully saturated rings. The second kappa shape index (κ2) is 9.09. The molecule has 1 N–H and O–H groups in total. The predicted molar refractivity (Wildman–Crippen MR) is 117 cm³/mol. The highest BCUT2D eigenvalue weighted by Crippen LogP contribution is 2.31. The zero-order chi connectivity index (χ0) is 20.2. The Morgan fingerprint density at radius 1 is 1.03 bits per heavy atom. The van der Waals surface area contributed by atoms with Crippen LogP contribution < -0.4 is 10.2 Å². The lowest BCUT2D eigenvalue weighted by atomic mass is 10.0. The maximum atomic E-state index is 12.8. The largest absolute Gasteiger partial charge is 0.353 e. The first-order valence-corrected chi connectivity index (χ1v) is 11.0. The maximum absolute atomic E-state index is 12.8. The molecule has 2 heterocycles. The number of para-hydroxylation sites is 1. The van der Waals surface area contributed by atoms with Crippen molar-refractivity contribution < 1.29 is 9.59 Å². The van der Waals surface area contributed by atoms with Gasteiger partial charge in [0.25, 0.3) is 0 Å². The van der Waals surface area contributed by atoms with Gasteiger partial charge in [-0.3, -0.25) is 14.5 Å². The molecule has 0 aliphatic carbocycles. The van der Waals surface area contributed by atoms with Crippen molar-refractivity contribution in [2.45, 2.75) is 31.8 Å². The average molecular weight is 456 g/mol. The van der Waals surface area contributed by atoms with Gasteiger partial charge in [-0.1, -0.05) is 42.5 Å². The van der Waals surface area contributed by atoms with E-state index < -0.39 is 0 Å². The van der Waals surface area contributed by atoms with E-state index in [1.807, 2.05) is 30.3 Å². The Morgan fingerprint density at radius 3 is 2.45 bits per heavy atom. The van der Waals surface area contributed by atoms with Gasteiger partial charge in [-0.05, 0) is 46.5 Å². The van der Waals surface area contributed by atoms with Gasteiger partial charge in [0.2, 0.25) is 11.8 Å². The van der Waals surface area contributed by atoms with Crippen LogP contribution in [0.3, 0.4) is 0 Å². The lowest BCUT2D eigenvalue weighted by molar-refractivity contribution is -0.127. The summed E-state index contributed by atoms with van der Waals surface area (Å²) >= 11 is 3.50. The van der Waals surface area contributed by atoms with E-state index in [1.165, 1.54) is 5.56 Å². The van der Waals surface area contributed by atoms with Crippen LogP contribution in [0.2, 0.25) is 0 Å². The average Bonchev–Trinajstić information content (AvgIpc) is 3.12. The summed E-state index contributed by atoms with van der Waals surface area (Å²) in [5.74, 6) is -0.263. The summed E-state index contributed by atoms with van der Waals surface area (Å²) in [5, 5.41) is 3.20. The Morgan fingerprint density at radius 2 is 1.72 bits per heavy atom. The number of likely N-dealkylation sites (tertiary alicyclic amines) is 1. The second-order valence-corrected chi connectivity index (χ2v) is 8.76. The summed E-state index contributed by atoms with van der Waals surface area (Å²) in [6.45, 7) is 3.36. The molecule has 0 spiro atoms. The van der Waals surface area contributed by atoms with Crippen molar-refractivity contribution >= 4 is 33.4 Å². The van der Waals surface area contributed by atoms with E-state index in [9.17, 15) is 9.59 Å². The molecule has 2 aliphatic heterocycles. The quantitative estimate of drug-likeness (QED) is 0.749. The topological polar surface area (TPSA) is 52.7 Å². The third-order valence-corrected chi connectivity index (χ3v) is 6.49. The monoisotopic (exact) mass is 455 g/mol. The summed E-state index contributed by atoms with van der Waals surface area (Å²) < 4.78 is 0.875. The summed E-state index contributed by atoms with van der Waals surface area (Å²) in [5.41, 5.74) is 2.16. The highest BCUT2D eigenvalue weighted by atomic mass is 79.9. The normalized spacial score (nSPS) is 20.8. The number of carbonyl (C=O) groups excluding carboxylic acids is 2. The number of amides is 2. The van der Waals surface area contributed by atoms with E-state index in [4.69, 9.17) is 0 Å². The Hall–Kier alpha value is -2.18. The van der Waals surface area contributed by atoms with Gasteiger partial charge in [0.15, 0.2) is 0 Å². The minimum atomic E-state index is -0.281. The third kappa shape index (κ3) is 4.87. The second-order valence-electron chi connectivity index (χ2n) is 7.90. The molecule has 5 nitrogen and oxygen atoms in total. The van der Waals surface area contributed by atoms with Crippen LogP contribution in [0.4, 0.5) is 5.69 Å². The van der Waals surface area contributed by atoms with Gasteiger partial charge in [-0.2, -0.15) is 0 Å². The molecule has 0 saturated carbocycles. The molecule has 2 aromatic carbocycles. The van der Waals surface area contributed by atoms with Crippen LogP contribution in [0.15, 0.2) is 59.1 Å². The van der Waals surface area contributed by atoms with Gasteiger partial charge in [0.1, 0.15) is 0 Å². The summed E-state index contributed by atoms with van der Waals surface area (Å²) in [6, 6.07) is 18.3. The molecule has 2 aromatic rings. The van der Waals surface area contributed by atoms with E-state index in [0.717, 1.165) is 42.6 Å². The minimum Gasteiger partial charge on any atom is -0.353 e. The molecule has 152 valence electrons. The fourth-order valence-corrected chi connectivity index (χ4v) is 4.68. The molecule has 4 rings (SSSR count). The smallest absolute Gasteiger partial charge is 0.227 e. The van der Waals surface area contributed by atoms with Crippen molar-refractivity contribution in [3.63, 3.8) is 0 Å². The number of hydrogen-bond acceptors (Lipinski definition) is 3. The fraction of sp³-hybridized carbons (Fsp3) is 0.391. The number of piperidine rings is 1. The minimum absolute atomic E-state index is 0.00872. The molecule has 0 bridgehead atoms. The maximum Gasteiger partial charge on any atom is 0.227 e. The first kappa shape index (κ1) is 20.1. The molecule has 1 unspecified atom stereocenters. The van der Waals surface area contributed by atoms with E-state index >= 15 is 0 Å². The molecule has 0 radical (unpaired) electrons. The Balaban J connectivity index is 1.27. The first-order chi connectivity index (χ1) is 14.1. The van der Waals surface area contributed by atoms with Crippen molar-refractivity contribution in [3.05, 3.63) is 64.6 Å². The highest BCUT2D eigenvalue weighted by molar-refractivity contribution is 9.10. The molecule has 6 heteroatoms. The van der Waals surface area contributed by atoms with E-state index in [0.29, 0.717) is 6.54 Å². The number of rotatable bonds is 5. The van der Waals surface area contributed by atoms with Crippen LogP contribution in [-0.4, -0.2) is 42.4 Å². The predicted octanol–water partition coefficient (Wildman–Crippen LogP) is 3.58. The van der Waals surface area contributed by atoms with Crippen molar-refractivity contribution in [3.8, 4) is 0 Å². The molecular weight excluding hydrogens is 430 g/mol. The van der Waals surface area contributed by atoms with E-state index in [-0.39, 0.29) is 30.2 Å². The summed E-state index contributed by atoms with van der Waals surface area (Å²) in [7, 11) is 0. The first-order valence-electron chi connectivity index (χ1n) is 10.2. The lowest BCUT2D eigenvalue weighted by Crippen LogP contribution is -2.46. The molecule has 29 heavy (non-hydrogen) atoms. The number of anilines is 1. The van der Waals surface area contributed by atoms with Gasteiger partial charge in [0.05, 0.1) is 11.6 Å². The van der Waals surface area contributed by atoms with Gasteiger partial charge < -0.3 is 10.2 Å². The summed E-state index contributed by atoms with van der Waals surface area (Å²) in [4.78, 5) is 29.4. The molecule has 2 aliphatic rings. The molecular formula is C23H26BrN3O2. The number of nitrogens with one attached hydrogen (secondary N) is 1. The SMILES string of the molecule is O=C(NC1CCN(Cc2ccccc2)CC1)C1CC(=O)N(c2ccccc2Br)C1. The Labute approximate surface area is 180 Å². The van der Waals surface area contributed by atoms with Gasteiger partial charge in [-0.25, -0.2) is 0 Å². The zero-order valence-electron chi connectivity index (χ0n) is 16.4. The van der Waals surface area contributed by atoms with Crippen LogP contribution in [0.5, 0.6) is 0 Å². The molecule has 2 saturated heterocycles. The lowest BCUT2D eigenvalue weighted by Gasteiger charge is -2.32. The Bertz CT molecular complexity index is 865. The number of carbonyl (C=O) groups is 2. The highest BCUT2D eigenvalue weighted by Gasteiger charge is 2.36. The number of nitrogens with zero attached hydrogens (tertiary/aromatic N) is 2. The van der Waals surface area contributed by atoms with Gasteiger partial charge in [0, 0.05) is 43.1 Å². The van der Waals surface area contributed by atoms with Crippen LogP contribution in [-0.2, 0) is 16.1 Å². The summed E-state index contributed by atoms with van der Waals surface area (Å²) in [6.07, 6.45) is 2.18. The number of hydrogen-bond donors (Lipinski definition) is 1. The van der Waals surface area contributed by atoms with E-state index in [2.05, 4.69) is 50.4 Å².